The Bertz CT molecular complexity index is 1280. The summed E-state index contributed by atoms with van der Waals surface area (Å²) in [4.78, 5) is 36.7. The van der Waals surface area contributed by atoms with E-state index < -0.39 is 0 Å². The second-order valence-corrected chi connectivity index (χ2v) is 7.80. The predicted octanol–water partition coefficient (Wildman–Crippen LogP) is 2.23. The van der Waals surface area contributed by atoms with Gasteiger partial charge in [-0.2, -0.15) is 0 Å². The molecule has 1 atom stereocenters. The summed E-state index contributed by atoms with van der Waals surface area (Å²) in [6, 6.07) is 1.70. The third-order valence-corrected chi connectivity index (χ3v) is 5.55. The number of fused-ring (bicyclic) bond motifs is 1. The Morgan fingerprint density at radius 2 is 2.03 bits per heavy atom. The van der Waals surface area contributed by atoms with Gasteiger partial charge in [0.25, 0.3) is 5.91 Å². The van der Waals surface area contributed by atoms with Crippen molar-refractivity contribution in [2.24, 2.45) is 0 Å². The first kappa shape index (κ1) is 20.0. The molecule has 0 spiro atoms. The molecule has 1 amide bonds. The van der Waals surface area contributed by atoms with E-state index in [4.69, 9.17) is 9.51 Å². The van der Waals surface area contributed by atoms with E-state index >= 15 is 0 Å². The zero-order valence-corrected chi connectivity index (χ0v) is 18.1. The van der Waals surface area contributed by atoms with E-state index in [2.05, 4.69) is 30.4 Å². The van der Waals surface area contributed by atoms with Gasteiger partial charge in [0.2, 0.25) is 0 Å². The summed E-state index contributed by atoms with van der Waals surface area (Å²) in [5.74, 6) is 2.59. The lowest BCUT2D eigenvalue weighted by molar-refractivity contribution is 0.0781. The third kappa shape index (κ3) is 3.55. The Morgan fingerprint density at radius 3 is 2.75 bits per heavy atom. The van der Waals surface area contributed by atoms with Gasteiger partial charge in [0.05, 0.1) is 5.56 Å². The zero-order chi connectivity index (χ0) is 22.2. The normalized spacial score (nSPS) is 16.1. The van der Waals surface area contributed by atoms with Crippen molar-refractivity contribution in [2.45, 2.75) is 39.8 Å². The van der Waals surface area contributed by atoms with Crippen LogP contribution >= 0.6 is 0 Å². The highest BCUT2D eigenvalue weighted by Crippen LogP contribution is 2.27. The molecule has 164 valence electrons. The van der Waals surface area contributed by atoms with E-state index in [1.54, 1.807) is 30.3 Å². The van der Waals surface area contributed by atoms with Crippen LogP contribution in [0.5, 0.6) is 0 Å². The molecule has 4 aromatic rings. The van der Waals surface area contributed by atoms with Gasteiger partial charge >= 0.3 is 0 Å². The van der Waals surface area contributed by atoms with Gasteiger partial charge < -0.3 is 19.3 Å². The van der Waals surface area contributed by atoms with Crippen LogP contribution in [0.2, 0.25) is 0 Å². The fourth-order valence-electron chi connectivity index (χ4n) is 3.96. The molecule has 11 heteroatoms. The molecule has 1 aliphatic rings. The van der Waals surface area contributed by atoms with Crippen LogP contribution in [0, 0.1) is 13.8 Å². The highest BCUT2D eigenvalue weighted by molar-refractivity contribution is 5.92. The van der Waals surface area contributed by atoms with Gasteiger partial charge in [-0.05, 0) is 27.2 Å². The first-order chi connectivity index (χ1) is 15.5. The van der Waals surface area contributed by atoms with Crippen LogP contribution in [0.1, 0.15) is 35.4 Å². The summed E-state index contributed by atoms with van der Waals surface area (Å²) in [5.41, 5.74) is 2.58. The molecule has 1 fully saturated rings. The summed E-state index contributed by atoms with van der Waals surface area (Å²) in [5, 5.41) is 7.29. The SMILES string of the molecule is CCn1c(-c2cnc(C)nc2)nc2c(N[C@H]3CCN(C(=O)c4cc(C)on4)C3)ncnc21. The van der Waals surface area contributed by atoms with Gasteiger partial charge in [-0.3, -0.25) is 4.79 Å². The number of hydrogen-bond acceptors (Lipinski definition) is 9. The Labute approximate surface area is 183 Å². The molecule has 0 aromatic carbocycles. The molecule has 11 nitrogen and oxygen atoms in total. The Balaban J connectivity index is 1.40. The molecule has 1 N–H and O–H groups in total. The number of aromatic nitrogens is 7. The van der Waals surface area contributed by atoms with E-state index in [0.717, 1.165) is 23.5 Å². The fraction of sp³-hybridized carbons (Fsp3) is 0.381. The third-order valence-electron chi connectivity index (χ3n) is 5.55. The van der Waals surface area contributed by atoms with Crippen molar-refractivity contribution in [3.63, 3.8) is 0 Å². The lowest BCUT2D eigenvalue weighted by Gasteiger charge is -2.16. The van der Waals surface area contributed by atoms with Crippen LogP contribution in [0.3, 0.4) is 0 Å². The number of likely N-dealkylation sites (tertiary alicyclic amines) is 1. The molecule has 5 rings (SSSR count). The molecule has 5 heterocycles. The number of rotatable bonds is 5. The van der Waals surface area contributed by atoms with E-state index in [-0.39, 0.29) is 11.9 Å². The number of carbonyl (C=O) groups excluding carboxylic acids is 1. The fourth-order valence-corrected chi connectivity index (χ4v) is 3.96. The van der Waals surface area contributed by atoms with Gasteiger partial charge in [-0.25, -0.2) is 24.9 Å². The molecule has 0 unspecified atom stereocenters. The number of hydrogen-bond donors (Lipinski definition) is 1. The van der Waals surface area contributed by atoms with E-state index in [1.165, 1.54) is 6.33 Å². The molecular weight excluding hydrogens is 410 g/mol. The molecule has 0 saturated carbocycles. The van der Waals surface area contributed by atoms with Crippen molar-refractivity contribution in [1.29, 1.82) is 0 Å². The first-order valence-electron chi connectivity index (χ1n) is 10.5. The molecule has 1 aliphatic heterocycles. The Morgan fingerprint density at radius 1 is 1.22 bits per heavy atom. The van der Waals surface area contributed by atoms with Crippen molar-refractivity contribution in [2.75, 3.05) is 18.4 Å². The van der Waals surface area contributed by atoms with Gasteiger partial charge in [-0.15, -0.1) is 0 Å². The molecule has 4 aromatic heterocycles. The minimum atomic E-state index is -0.129. The first-order valence-corrected chi connectivity index (χ1v) is 10.5. The average Bonchev–Trinajstić information content (AvgIpc) is 3.52. The largest absolute Gasteiger partial charge is 0.364 e. The molecular formula is C21H23N9O2. The highest BCUT2D eigenvalue weighted by atomic mass is 16.5. The predicted molar refractivity (Wildman–Crippen MR) is 116 cm³/mol. The second-order valence-electron chi connectivity index (χ2n) is 7.80. The summed E-state index contributed by atoms with van der Waals surface area (Å²) >= 11 is 0. The number of carbonyl (C=O) groups is 1. The van der Waals surface area contributed by atoms with Crippen LogP contribution in [-0.2, 0) is 6.54 Å². The van der Waals surface area contributed by atoms with E-state index in [9.17, 15) is 4.79 Å². The van der Waals surface area contributed by atoms with Crippen LogP contribution < -0.4 is 5.32 Å². The highest BCUT2D eigenvalue weighted by Gasteiger charge is 2.29. The zero-order valence-electron chi connectivity index (χ0n) is 18.1. The Hall–Kier alpha value is -3.89. The van der Waals surface area contributed by atoms with Crippen molar-refractivity contribution in [3.8, 4) is 11.4 Å². The van der Waals surface area contributed by atoms with Crippen molar-refractivity contribution < 1.29 is 9.32 Å². The van der Waals surface area contributed by atoms with Crippen LogP contribution in [-0.4, -0.2) is 64.6 Å². The van der Waals surface area contributed by atoms with Gasteiger partial charge in [-0.1, -0.05) is 5.16 Å². The number of imidazole rings is 1. The molecule has 0 bridgehead atoms. The van der Waals surface area contributed by atoms with Gasteiger partial charge in [0.15, 0.2) is 22.7 Å². The van der Waals surface area contributed by atoms with E-state index in [1.807, 2.05) is 18.4 Å². The van der Waals surface area contributed by atoms with Gasteiger partial charge in [0, 0.05) is 44.1 Å². The summed E-state index contributed by atoms with van der Waals surface area (Å²) in [6.07, 6.45) is 5.86. The lowest BCUT2D eigenvalue weighted by Crippen LogP contribution is -2.32. The van der Waals surface area contributed by atoms with Crippen LogP contribution in [0.4, 0.5) is 5.82 Å². The molecule has 1 saturated heterocycles. The number of nitrogens with one attached hydrogen (secondary N) is 1. The Kier molecular flexibility index (Phi) is 5.00. The second kappa shape index (κ2) is 7.98. The minimum absolute atomic E-state index is 0.0444. The van der Waals surface area contributed by atoms with Crippen LogP contribution in [0.25, 0.3) is 22.6 Å². The van der Waals surface area contributed by atoms with Crippen molar-refractivity contribution in [1.82, 2.24) is 39.5 Å². The summed E-state index contributed by atoms with van der Waals surface area (Å²) in [7, 11) is 0. The summed E-state index contributed by atoms with van der Waals surface area (Å²) in [6.45, 7) is 7.53. The maximum atomic E-state index is 12.7. The molecule has 32 heavy (non-hydrogen) atoms. The number of anilines is 1. The lowest BCUT2D eigenvalue weighted by atomic mass is 10.2. The van der Waals surface area contributed by atoms with Crippen LogP contribution in [0.15, 0.2) is 29.3 Å². The number of nitrogens with zero attached hydrogens (tertiary/aromatic N) is 8. The standard InChI is InChI=1S/C21H23N9O2/c1-4-30-19(14-8-22-13(3)23-9-14)27-17-18(24-11-25-20(17)30)26-15-5-6-29(10-15)21(31)16-7-12(2)32-28-16/h7-9,11,15H,4-6,10H2,1-3H3,(H,24,25,26)/t15-/m0/s1. The van der Waals surface area contributed by atoms with Crippen molar-refractivity contribution >= 4 is 22.9 Å². The summed E-state index contributed by atoms with van der Waals surface area (Å²) < 4.78 is 7.05. The molecule has 0 radical (unpaired) electrons. The van der Waals surface area contributed by atoms with Crippen molar-refractivity contribution in [3.05, 3.63) is 42.1 Å². The number of aryl methyl sites for hydroxylation is 3. The smallest absolute Gasteiger partial charge is 0.276 e. The minimum Gasteiger partial charge on any atom is -0.364 e. The molecule has 0 aliphatic carbocycles. The maximum absolute atomic E-state index is 12.7. The quantitative estimate of drug-likeness (QED) is 0.504. The monoisotopic (exact) mass is 433 g/mol. The van der Waals surface area contributed by atoms with E-state index in [0.29, 0.717) is 48.2 Å². The van der Waals surface area contributed by atoms with Gasteiger partial charge in [0.1, 0.15) is 23.7 Å². The number of amides is 1. The topological polar surface area (TPSA) is 128 Å². The average molecular weight is 433 g/mol. The maximum Gasteiger partial charge on any atom is 0.276 e.